The van der Waals surface area contributed by atoms with E-state index in [2.05, 4.69) is 18.7 Å². The Balaban J connectivity index is 1.93. The zero-order valence-corrected chi connectivity index (χ0v) is 17.2. The third-order valence-electron chi connectivity index (χ3n) is 6.79. The van der Waals surface area contributed by atoms with Gasteiger partial charge in [0.25, 0.3) is 11.6 Å². The highest BCUT2D eigenvalue weighted by Crippen LogP contribution is 2.53. The van der Waals surface area contributed by atoms with Crippen molar-refractivity contribution < 1.29 is 19.2 Å². The Hall–Kier alpha value is -2.19. The molecule has 154 valence electrons. The van der Waals surface area contributed by atoms with Crippen molar-refractivity contribution >= 4 is 17.3 Å². The lowest BCUT2D eigenvalue weighted by Gasteiger charge is -2.61. The summed E-state index contributed by atoms with van der Waals surface area (Å²) >= 11 is 0. The Morgan fingerprint density at radius 2 is 1.96 bits per heavy atom. The van der Waals surface area contributed by atoms with Gasteiger partial charge in [0, 0.05) is 50.8 Å². The van der Waals surface area contributed by atoms with Gasteiger partial charge in [-0.15, -0.1) is 0 Å². The van der Waals surface area contributed by atoms with Crippen LogP contribution in [0.4, 0.5) is 11.4 Å². The number of carbonyl (C=O) groups is 1. The van der Waals surface area contributed by atoms with E-state index < -0.39 is 4.92 Å². The first-order chi connectivity index (χ1) is 13.1. The summed E-state index contributed by atoms with van der Waals surface area (Å²) in [5, 5.41) is 11.3. The van der Waals surface area contributed by atoms with Crippen LogP contribution >= 0.6 is 0 Å². The van der Waals surface area contributed by atoms with Gasteiger partial charge in [0.15, 0.2) is 0 Å². The largest absolute Gasteiger partial charge is 0.378 e. The highest BCUT2D eigenvalue weighted by atomic mass is 16.6. The first-order valence-corrected chi connectivity index (χ1v) is 9.56. The lowest BCUT2D eigenvalue weighted by atomic mass is 9.55. The molecule has 28 heavy (non-hydrogen) atoms. The van der Waals surface area contributed by atoms with Crippen LogP contribution in [0, 0.1) is 15.5 Å². The van der Waals surface area contributed by atoms with Crippen molar-refractivity contribution in [3.63, 3.8) is 0 Å². The van der Waals surface area contributed by atoms with Gasteiger partial charge in [-0.2, -0.15) is 0 Å². The normalized spacial score (nSPS) is 26.5. The quantitative estimate of drug-likeness (QED) is 0.567. The second-order valence-electron chi connectivity index (χ2n) is 8.35. The van der Waals surface area contributed by atoms with Crippen LogP contribution in [-0.2, 0) is 9.47 Å². The Morgan fingerprint density at radius 3 is 2.50 bits per heavy atom. The predicted molar refractivity (Wildman–Crippen MR) is 106 cm³/mol. The molecule has 8 nitrogen and oxygen atoms in total. The Morgan fingerprint density at radius 1 is 1.32 bits per heavy atom. The van der Waals surface area contributed by atoms with Crippen molar-refractivity contribution in [3.8, 4) is 0 Å². The fourth-order valence-electron chi connectivity index (χ4n) is 4.30. The predicted octanol–water partition coefficient (Wildman–Crippen LogP) is 2.71. The van der Waals surface area contributed by atoms with Gasteiger partial charge in [-0.3, -0.25) is 14.9 Å². The lowest BCUT2D eigenvalue weighted by molar-refractivity contribution is -0.384. The summed E-state index contributed by atoms with van der Waals surface area (Å²) in [5.74, 6) is -0.207. The van der Waals surface area contributed by atoms with Gasteiger partial charge in [0.1, 0.15) is 0 Å². The minimum atomic E-state index is -0.463. The molecule has 1 saturated carbocycles. The first-order valence-electron chi connectivity index (χ1n) is 9.56. The molecule has 2 aliphatic rings. The van der Waals surface area contributed by atoms with Crippen molar-refractivity contribution in [2.45, 2.75) is 38.8 Å². The van der Waals surface area contributed by atoms with E-state index >= 15 is 0 Å². The summed E-state index contributed by atoms with van der Waals surface area (Å²) in [6.07, 6.45) is 0.723. The van der Waals surface area contributed by atoms with Gasteiger partial charge < -0.3 is 19.3 Å². The monoisotopic (exact) mass is 391 g/mol. The van der Waals surface area contributed by atoms with Crippen LogP contribution in [0.25, 0.3) is 0 Å². The van der Waals surface area contributed by atoms with Crippen LogP contribution in [0.5, 0.6) is 0 Å². The van der Waals surface area contributed by atoms with Gasteiger partial charge in [-0.05, 0) is 19.4 Å². The highest BCUT2D eigenvalue weighted by molar-refractivity contribution is 6.00. The fraction of sp³-hybridized carbons (Fsp3) is 0.650. The number of nitrogens with zero attached hydrogens (tertiary/aromatic N) is 3. The Kier molecular flexibility index (Phi) is 5.38. The first kappa shape index (κ1) is 20.5. The molecule has 0 spiro atoms. The second-order valence-corrected chi connectivity index (χ2v) is 8.35. The second kappa shape index (κ2) is 7.33. The van der Waals surface area contributed by atoms with E-state index in [1.807, 2.05) is 6.92 Å². The number of non-ortho nitro benzene ring substituents is 1. The zero-order valence-electron chi connectivity index (χ0n) is 17.2. The topological polar surface area (TPSA) is 85.1 Å². The third-order valence-corrected chi connectivity index (χ3v) is 6.79. The lowest BCUT2D eigenvalue weighted by Crippen LogP contribution is -2.68. The van der Waals surface area contributed by atoms with E-state index in [9.17, 15) is 14.9 Å². The van der Waals surface area contributed by atoms with E-state index in [0.717, 1.165) is 12.1 Å². The van der Waals surface area contributed by atoms with Gasteiger partial charge in [0.05, 0.1) is 35.0 Å². The Bertz CT molecular complexity index is 775. The molecule has 0 N–H and O–H groups in total. The maximum Gasteiger partial charge on any atom is 0.270 e. The molecule has 8 heteroatoms. The summed E-state index contributed by atoms with van der Waals surface area (Å²) in [6.45, 7) is 8.67. The van der Waals surface area contributed by atoms with E-state index in [4.69, 9.17) is 9.47 Å². The van der Waals surface area contributed by atoms with Gasteiger partial charge >= 0.3 is 0 Å². The molecule has 2 atom stereocenters. The van der Waals surface area contributed by atoms with Gasteiger partial charge in [0.2, 0.25) is 0 Å². The minimum absolute atomic E-state index is 0.0123. The number of methoxy groups -OCH3 is 1. The summed E-state index contributed by atoms with van der Waals surface area (Å²) in [4.78, 5) is 28.0. The smallest absolute Gasteiger partial charge is 0.270 e. The molecule has 0 aromatic heterocycles. The van der Waals surface area contributed by atoms with Crippen LogP contribution < -0.4 is 4.90 Å². The molecule has 1 heterocycles. The van der Waals surface area contributed by atoms with Crippen molar-refractivity contribution in [2.24, 2.45) is 5.41 Å². The van der Waals surface area contributed by atoms with E-state index in [1.54, 1.807) is 25.1 Å². The average molecular weight is 391 g/mol. The van der Waals surface area contributed by atoms with E-state index in [-0.39, 0.29) is 28.7 Å². The molecular formula is C20H29N3O5. The van der Waals surface area contributed by atoms with Crippen LogP contribution in [0.3, 0.4) is 0 Å². The molecule has 0 bridgehead atoms. The fourth-order valence-corrected chi connectivity index (χ4v) is 4.30. The number of ether oxygens (including phenoxy) is 2. The molecule has 3 rings (SSSR count). The number of anilines is 1. The molecule has 1 aliphatic heterocycles. The summed E-state index contributed by atoms with van der Waals surface area (Å²) in [5.41, 5.74) is 0.467. The maximum absolute atomic E-state index is 13.4. The number of hydrogen-bond acceptors (Lipinski definition) is 6. The molecule has 0 radical (unpaired) electrons. The number of benzene rings is 1. The highest BCUT2D eigenvalue weighted by Gasteiger charge is 2.60. The number of morpholine rings is 1. The molecule has 1 saturated heterocycles. The van der Waals surface area contributed by atoms with Crippen molar-refractivity contribution in [1.29, 1.82) is 0 Å². The van der Waals surface area contributed by atoms with Gasteiger partial charge in [-0.1, -0.05) is 13.8 Å². The molecule has 1 amide bonds. The molecular weight excluding hydrogens is 362 g/mol. The number of carbonyl (C=O) groups excluding carboxylic acids is 1. The van der Waals surface area contributed by atoms with Crippen LogP contribution in [-0.4, -0.2) is 67.8 Å². The minimum Gasteiger partial charge on any atom is -0.378 e. The van der Waals surface area contributed by atoms with Crippen molar-refractivity contribution in [3.05, 3.63) is 33.9 Å². The average Bonchev–Trinajstić information content (AvgIpc) is 2.70. The number of hydrogen-bond donors (Lipinski definition) is 0. The zero-order chi connectivity index (χ0) is 20.7. The van der Waals surface area contributed by atoms with Crippen LogP contribution in [0.15, 0.2) is 18.2 Å². The summed E-state index contributed by atoms with van der Waals surface area (Å²) < 4.78 is 11.1. The summed E-state index contributed by atoms with van der Waals surface area (Å²) in [7, 11) is 3.46. The molecule has 1 aliphatic carbocycles. The number of rotatable bonds is 5. The van der Waals surface area contributed by atoms with Crippen LogP contribution in [0.1, 0.15) is 37.6 Å². The SMILES string of the molecule is CO[C@@]1(C)C[C@@H](N(C)C(=O)c2cc([N+](=O)[O-])ccc2N2CCOCC2)C1(C)C. The van der Waals surface area contributed by atoms with E-state index in [1.165, 1.54) is 12.1 Å². The molecule has 1 aromatic carbocycles. The molecule has 0 unspecified atom stereocenters. The molecule has 2 fully saturated rings. The summed E-state index contributed by atoms with van der Waals surface area (Å²) in [6, 6.07) is 4.51. The Labute approximate surface area is 165 Å². The third kappa shape index (κ3) is 3.24. The van der Waals surface area contributed by atoms with Crippen molar-refractivity contribution in [1.82, 2.24) is 4.90 Å². The van der Waals surface area contributed by atoms with Gasteiger partial charge in [-0.25, -0.2) is 0 Å². The standard InChI is InChI=1S/C20H29N3O5/c1-19(2)17(13-20(19,3)27-5)21(4)18(24)15-12-14(23(25)26)6-7-16(15)22-8-10-28-11-9-22/h6-7,12,17H,8-11,13H2,1-5H3/t17-,20+/m1/s1. The number of nitro benzene ring substituents is 1. The van der Waals surface area contributed by atoms with Crippen molar-refractivity contribution in [2.75, 3.05) is 45.4 Å². The molecule has 1 aromatic rings. The van der Waals surface area contributed by atoms with E-state index in [0.29, 0.717) is 31.9 Å². The maximum atomic E-state index is 13.4. The van der Waals surface area contributed by atoms with Crippen LogP contribution in [0.2, 0.25) is 0 Å². The number of nitro groups is 1. The number of amides is 1.